The Labute approximate surface area is 200 Å². The fourth-order valence-electron chi connectivity index (χ4n) is 4.03. The minimum atomic E-state index is -4.89. The monoisotopic (exact) mass is 502 g/mol. The van der Waals surface area contributed by atoms with Crippen LogP contribution in [0.4, 0.5) is 28.0 Å². The molecule has 2 heterocycles. The van der Waals surface area contributed by atoms with Crippen molar-refractivity contribution >= 4 is 22.9 Å². The largest absolute Gasteiger partial charge is 0.508 e. The number of nitrogens with one attached hydrogen (secondary N) is 3. The van der Waals surface area contributed by atoms with Crippen LogP contribution in [0, 0.1) is 5.82 Å². The molecule has 1 saturated carbocycles. The number of carbonyl (C=O) groups excluding carboxylic acids is 1. The number of fused-ring (bicyclic) bond motifs is 1. The molecule has 2 aromatic carbocycles. The van der Waals surface area contributed by atoms with Crippen molar-refractivity contribution < 1.29 is 32.2 Å². The summed E-state index contributed by atoms with van der Waals surface area (Å²) in [6.07, 6.45) is -0.893. The Bertz CT molecular complexity index is 1440. The number of carbonyl (C=O) groups is 1. The van der Waals surface area contributed by atoms with Gasteiger partial charge in [0.1, 0.15) is 29.2 Å². The third kappa shape index (κ3) is 4.59. The first-order valence-corrected chi connectivity index (χ1v) is 10.8. The standard InChI is InChI=1S/C23H18F4N6O3/c24-16-4-1-11(7-15(16)23(25,26)27)32-22(35)33-17-5-3-13(17)14-8-12(2-6-18(14)34)36-21-19-20(29-9-28-19)30-10-31-21/h1-2,4,6-10,13,17,34H,3,5H2,(H2,32,33,35)(H,28,29,30,31)/t13-,17?/m0/s1. The van der Waals surface area contributed by atoms with Gasteiger partial charge >= 0.3 is 12.2 Å². The van der Waals surface area contributed by atoms with Gasteiger partial charge in [-0.3, -0.25) is 0 Å². The lowest BCUT2D eigenvalue weighted by molar-refractivity contribution is -0.139. The highest BCUT2D eigenvalue weighted by Crippen LogP contribution is 2.43. The molecule has 0 aliphatic heterocycles. The van der Waals surface area contributed by atoms with Crippen LogP contribution in [0.15, 0.2) is 49.1 Å². The van der Waals surface area contributed by atoms with Crippen LogP contribution in [0.25, 0.3) is 11.2 Å². The Kier molecular flexibility index (Phi) is 5.82. The number of phenols is 1. The summed E-state index contributed by atoms with van der Waals surface area (Å²) in [5.41, 5.74) is -0.219. The highest BCUT2D eigenvalue weighted by molar-refractivity contribution is 5.89. The number of anilines is 1. The van der Waals surface area contributed by atoms with Gasteiger partial charge in [0, 0.05) is 23.2 Å². The van der Waals surface area contributed by atoms with Gasteiger partial charge in [-0.1, -0.05) is 0 Å². The number of hydrogen-bond acceptors (Lipinski definition) is 6. The van der Waals surface area contributed by atoms with Crippen molar-refractivity contribution in [3.63, 3.8) is 0 Å². The molecule has 0 radical (unpaired) electrons. The van der Waals surface area contributed by atoms with E-state index in [1.54, 1.807) is 12.1 Å². The lowest BCUT2D eigenvalue weighted by atomic mass is 9.74. The number of phenolic OH excluding ortho intramolecular Hbond substituents is 1. The Morgan fingerprint density at radius 1 is 1.11 bits per heavy atom. The minimum absolute atomic E-state index is 0.00184. The summed E-state index contributed by atoms with van der Waals surface area (Å²) in [6, 6.07) is 5.72. The maximum absolute atomic E-state index is 13.5. The quantitative estimate of drug-likeness (QED) is 0.282. The summed E-state index contributed by atoms with van der Waals surface area (Å²) in [5.74, 6) is -1.06. The molecule has 0 bridgehead atoms. The second kappa shape index (κ2) is 8.98. The minimum Gasteiger partial charge on any atom is -0.508 e. The Morgan fingerprint density at radius 3 is 2.69 bits per heavy atom. The molecule has 2 atom stereocenters. The van der Waals surface area contributed by atoms with Crippen molar-refractivity contribution in [2.45, 2.75) is 31.0 Å². The van der Waals surface area contributed by atoms with Crippen molar-refractivity contribution in [3.8, 4) is 17.4 Å². The van der Waals surface area contributed by atoms with Crippen LogP contribution >= 0.6 is 0 Å². The first kappa shape index (κ1) is 23.3. The molecule has 0 saturated heterocycles. The molecule has 186 valence electrons. The number of aromatic nitrogens is 4. The molecule has 9 nitrogen and oxygen atoms in total. The molecular formula is C23H18F4N6O3. The van der Waals surface area contributed by atoms with Gasteiger partial charge < -0.3 is 25.5 Å². The number of hydrogen-bond donors (Lipinski definition) is 4. The predicted molar refractivity (Wildman–Crippen MR) is 119 cm³/mol. The topological polar surface area (TPSA) is 125 Å². The average molecular weight is 502 g/mol. The van der Waals surface area contributed by atoms with Crippen LogP contribution < -0.4 is 15.4 Å². The smallest absolute Gasteiger partial charge is 0.419 e. The number of aromatic hydroxyl groups is 1. The second-order valence-electron chi connectivity index (χ2n) is 8.18. The van der Waals surface area contributed by atoms with Crippen LogP contribution in [-0.4, -0.2) is 37.1 Å². The third-order valence-corrected chi connectivity index (χ3v) is 5.92. The van der Waals surface area contributed by atoms with E-state index >= 15 is 0 Å². The van der Waals surface area contributed by atoms with Crippen molar-refractivity contribution in [2.24, 2.45) is 0 Å². The molecule has 1 aliphatic carbocycles. The maximum Gasteiger partial charge on any atom is 0.419 e. The number of aromatic amines is 1. The Balaban J connectivity index is 1.28. The number of rotatable bonds is 5. The number of H-pyrrole nitrogens is 1. The highest BCUT2D eigenvalue weighted by atomic mass is 19.4. The van der Waals surface area contributed by atoms with E-state index in [-0.39, 0.29) is 23.2 Å². The number of nitrogens with zero attached hydrogens (tertiary/aromatic N) is 3. The van der Waals surface area contributed by atoms with Crippen molar-refractivity contribution in [1.29, 1.82) is 0 Å². The van der Waals surface area contributed by atoms with Gasteiger partial charge in [0.15, 0.2) is 5.65 Å². The SMILES string of the molecule is O=C(Nc1ccc(F)c(C(F)(F)F)c1)NC1CC[C@H]1c1cc(Oc2ncnc3nc[nH]c23)ccc1O. The van der Waals surface area contributed by atoms with Crippen molar-refractivity contribution in [1.82, 2.24) is 25.3 Å². The summed E-state index contributed by atoms with van der Waals surface area (Å²) in [6.45, 7) is 0. The predicted octanol–water partition coefficient (Wildman–Crippen LogP) is 5.08. The first-order chi connectivity index (χ1) is 17.2. The second-order valence-corrected chi connectivity index (χ2v) is 8.18. The van der Waals surface area contributed by atoms with Crippen LogP contribution in [0.5, 0.6) is 17.4 Å². The number of benzene rings is 2. The van der Waals surface area contributed by atoms with Gasteiger partial charge in [0.2, 0.25) is 5.88 Å². The lowest BCUT2D eigenvalue weighted by Crippen LogP contribution is -2.47. The van der Waals surface area contributed by atoms with Gasteiger partial charge in [-0.2, -0.15) is 18.2 Å². The van der Waals surface area contributed by atoms with Crippen molar-refractivity contribution in [2.75, 3.05) is 5.32 Å². The molecular weight excluding hydrogens is 484 g/mol. The molecule has 13 heteroatoms. The van der Waals surface area contributed by atoms with Gasteiger partial charge in [-0.05, 0) is 49.2 Å². The van der Waals surface area contributed by atoms with E-state index in [0.29, 0.717) is 47.5 Å². The number of ether oxygens (including phenoxy) is 1. The normalized spacial score (nSPS) is 17.4. The number of alkyl halides is 3. The molecule has 4 N–H and O–H groups in total. The molecule has 5 rings (SSSR count). The van der Waals surface area contributed by atoms with E-state index in [0.717, 1.165) is 6.07 Å². The van der Waals surface area contributed by atoms with Crippen LogP contribution in [0.2, 0.25) is 0 Å². The van der Waals surface area contributed by atoms with Gasteiger partial charge in [-0.25, -0.2) is 19.2 Å². The third-order valence-electron chi connectivity index (χ3n) is 5.92. The summed E-state index contributed by atoms with van der Waals surface area (Å²) in [7, 11) is 0. The molecule has 0 spiro atoms. The summed E-state index contributed by atoms with van der Waals surface area (Å²) >= 11 is 0. The molecule has 1 fully saturated rings. The highest BCUT2D eigenvalue weighted by Gasteiger charge is 2.36. The number of imidazole rings is 1. The molecule has 1 unspecified atom stereocenters. The van der Waals surface area contributed by atoms with Crippen LogP contribution in [0.3, 0.4) is 0 Å². The summed E-state index contributed by atoms with van der Waals surface area (Å²) < 4.78 is 58.1. The summed E-state index contributed by atoms with van der Waals surface area (Å²) in [5, 5.41) is 15.4. The van der Waals surface area contributed by atoms with E-state index in [4.69, 9.17) is 4.74 Å². The molecule has 2 aromatic heterocycles. The zero-order valence-corrected chi connectivity index (χ0v) is 18.3. The fourth-order valence-corrected chi connectivity index (χ4v) is 4.03. The van der Waals surface area contributed by atoms with E-state index in [1.807, 2.05) is 0 Å². The van der Waals surface area contributed by atoms with Crippen molar-refractivity contribution in [3.05, 3.63) is 66.0 Å². The van der Waals surface area contributed by atoms with E-state index in [2.05, 4.69) is 30.6 Å². The fraction of sp³-hybridized carbons (Fsp3) is 0.217. The van der Waals surface area contributed by atoms with Gasteiger partial charge in [0.25, 0.3) is 0 Å². The zero-order chi connectivity index (χ0) is 25.4. The van der Waals surface area contributed by atoms with Crippen LogP contribution in [0.1, 0.15) is 29.9 Å². The van der Waals surface area contributed by atoms with Gasteiger partial charge in [0.05, 0.1) is 11.9 Å². The number of urea groups is 1. The number of halogens is 4. The molecule has 4 aromatic rings. The van der Waals surface area contributed by atoms with Crippen LogP contribution in [-0.2, 0) is 6.18 Å². The average Bonchev–Trinajstić information content (AvgIpc) is 3.29. The Morgan fingerprint density at radius 2 is 1.94 bits per heavy atom. The van der Waals surface area contributed by atoms with E-state index < -0.39 is 29.6 Å². The molecule has 1 aliphatic rings. The van der Waals surface area contributed by atoms with Gasteiger partial charge in [-0.15, -0.1) is 0 Å². The number of amides is 2. The zero-order valence-electron chi connectivity index (χ0n) is 18.3. The van der Waals surface area contributed by atoms with E-state index in [1.165, 1.54) is 18.7 Å². The molecule has 36 heavy (non-hydrogen) atoms. The lowest BCUT2D eigenvalue weighted by Gasteiger charge is -2.37. The first-order valence-electron chi connectivity index (χ1n) is 10.8. The Hall–Kier alpha value is -4.42. The molecule has 2 amide bonds. The van der Waals surface area contributed by atoms with E-state index in [9.17, 15) is 27.5 Å². The maximum atomic E-state index is 13.5. The summed E-state index contributed by atoms with van der Waals surface area (Å²) in [4.78, 5) is 27.5.